The fourth-order valence-electron chi connectivity index (χ4n) is 1.86. The highest BCUT2D eigenvalue weighted by atomic mass is 16.5. The van der Waals surface area contributed by atoms with Crippen LogP contribution in [0.3, 0.4) is 0 Å². The first-order valence-electron chi connectivity index (χ1n) is 7.37. The quantitative estimate of drug-likeness (QED) is 0.847. The highest BCUT2D eigenvalue weighted by Crippen LogP contribution is 2.24. The fraction of sp³-hybridized carbons (Fsp3) is 0.438. The third kappa shape index (κ3) is 4.70. The van der Waals surface area contributed by atoms with Crippen molar-refractivity contribution in [3.05, 3.63) is 36.0 Å². The molecule has 1 aromatic carbocycles. The van der Waals surface area contributed by atoms with E-state index in [2.05, 4.69) is 15.5 Å². The van der Waals surface area contributed by atoms with Crippen LogP contribution in [0.2, 0.25) is 0 Å². The summed E-state index contributed by atoms with van der Waals surface area (Å²) in [6.07, 6.45) is 0. The third-order valence-corrected chi connectivity index (χ3v) is 3.08. The smallest absolute Gasteiger partial charge is 0.255 e. The Hall–Kier alpha value is -2.57. The van der Waals surface area contributed by atoms with E-state index in [1.165, 1.54) is 0 Å². The summed E-state index contributed by atoms with van der Waals surface area (Å²) in [5.74, 6) is 1.22. The molecule has 0 saturated heterocycles. The number of benzene rings is 1. The van der Waals surface area contributed by atoms with E-state index < -0.39 is 5.91 Å². The third-order valence-electron chi connectivity index (χ3n) is 3.08. The number of anilines is 1. The molecule has 0 aliphatic heterocycles. The van der Waals surface area contributed by atoms with Crippen LogP contribution in [0.25, 0.3) is 0 Å². The Morgan fingerprint density at radius 2 is 2.17 bits per heavy atom. The van der Waals surface area contributed by atoms with Crippen molar-refractivity contribution in [2.75, 3.05) is 11.9 Å². The van der Waals surface area contributed by atoms with Crippen LogP contribution in [0.1, 0.15) is 45.5 Å². The zero-order valence-electron chi connectivity index (χ0n) is 13.8. The number of nitrogens with two attached hydrogens (primary N) is 1. The van der Waals surface area contributed by atoms with Crippen molar-refractivity contribution in [2.24, 2.45) is 5.73 Å². The van der Waals surface area contributed by atoms with Crippen molar-refractivity contribution >= 4 is 11.6 Å². The minimum Gasteiger partial charge on any atom is -0.484 e. The summed E-state index contributed by atoms with van der Waals surface area (Å²) in [6.45, 7) is 7.85. The molecule has 23 heavy (non-hydrogen) atoms. The molecule has 0 fully saturated rings. The normalized spacial score (nSPS) is 12.7. The van der Waals surface area contributed by atoms with Gasteiger partial charge in [-0.1, -0.05) is 32.0 Å². The summed E-state index contributed by atoms with van der Waals surface area (Å²) in [5, 5.41) is 7.27. The van der Waals surface area contributed by atoms with Gasteiger partial charge < -0.3 is 20.3 Å². The summed E-state index contributed by atoms with van der Waals surface area (Å²) in [7, 11) is 0. The molecular weight excluding hydrogens is 296 g/mol. The van der Waals surface area contributed by atoms with Gasteiger partial charge in [0.15, 0.2) is 12.4 Å². The van der Waals surface area contributed by atoms with E-state index in [1.54, 1.807) is 12.1 Å². The van der Waals surface area contributed by atoms with Crippen molar-refractivity contribution in [1.82, 2.24) is 10.1 Å². The highest BCUT2D eigenvalue weighted by molar-refractivity contribution is 5.75. The maximum absolute atomic E-state index is 10.8. The van der Waals surface area contributed by atoms with Gasteiger partial charge in [0.1, 0.15) is 11.8 Å². The standard InChI is InChI=1S/C16H22N4O3/c1-10(14-19-15(20-23-14)16(2,3)4)18-11-6-5-7-12(8-11)22-9-13(17)21/h5-8,10,18H,9H2,1-4H3,(H2,17,21). The van der Waals surface area contributed by atoms with Crippen molar-refractivity contribution in [1.29, 1.82) is 0 Å². The van der Waals surface area contributed by atoms with E-state index in [0.717, 1.165) is 5.69 Å². The number of primary amides is 1. The topological polar surface area (TPSA) is 103 Å². The van der Waals surface area contributed by atoms with Crippen LogP contribution < -0.4 is 15.8 Å². The maximum atomic E-state index is 10.8. The zero-order valence-corrected chi connectivity index (χ0v) is 13.8. The fourth-order valence-corrected chi connectivity index (χ4v) is 1.86. The van der Waals surface area contributed by atoms with Crippen LogP contribution in [-0.2, 0) is 10.2 Å². The van der Waals surface area contributed by atoms with Gasteiger partial charge in [-0.15, -0.1) is 0 Å². The summed E-state index contributed by atoms with van der Waals surface area (Å²) in [4.78, 5) is 15.2. The SMILES string of the molecule is CC(Nc1cccc(OCC(N)=O)c1)c1nc(C(C)(C)C)no1. The second-order valence-corrected chi connectivity index (χ2v) is 6.36. The van der Waals surface area contributed by atoms with Gasteiger partial charge in [0.25, 0.3) is 5.91 Å². The lowest BCUT2D eigenvalue weighted by molar-refractivity contribution is -0.119. The number of rotatable bonds is 6. The number of nitrogens with zero attached hydrogens (tertiary/aromatic N) is 2. The molecule has 1 amide bonds. The molecule has 3 N–H and O–H groups in total. The predicted octanol–water partition coefficient (Wildman–Crippen LogP) is 2.40. The number of hydrogen-bond acceptors (Lipinski definition) is 6. The maximum Gasteiger partial charge on any atom is 0.255 e. The van der Waals surface area contributed by atoms with E-state index >= 15 is 0 Å². The van der Waals surface area contributed by atoms with E-state index in [-0.39, 0.29) is 18.1 Å². The average Bonchev–Trinajstić information content (AvgIpc) is 2.95. The highest BCUT2D eigenvalue weighted by Gasteiger charge is 2.23. The first-order valence-corrected chi connectivity index (χ1v) is 7.37. The Bertz CT molecular complexity index is 676. The average molecular weight is 318 g/mol. The van der Waals surface area contributed by atoms with E-state index in [4.69, 9.17) is 15.0 Å². The van der Waals surface area contributed by atoms with Crippen molar-refractivity contribution in [2.45, 2.75) is 39.2 Å². The number of amides is 1. The lowest BCUT2D eigenvalue weighted by atomic mass is 9.96. The van der Waals surface area contributed by atoms with Gasteiger partial charge in [-0.3, -0.25) is 4.79 Å². The first-order chi connectivity index (χ1) is 10.8. The minimum atomic E-state index is -0.516. The van der Waals surface area contributed by atoms with Crippen LogP contribution >= 0.6 is 0 Å². The Morgan fingerprint density at radius 1 is 1.43 bits per heavy atom. The van der Waals surface area contributed by atoms with Crippen LogP contribution in [0, 0.1) is 0 Å². The molecule has 1 atom stereocenters. The molecule has 0 spiro atoms. The van der Waals surface area contributed by atoms with Crippen molar-refractivity contribution in [3.63, 3.8) is 0 Å². The van der Waals surface area contributed by atoms with Gasteiger partial charge in [-0.05, 0) is 19.1 Å². The number of carbonyl (C=O) groups excluding carboxylic acids is 1. The second kappa shape index (κ2) is 6.68. The van der Waals surface area contributed by atoms with E-state index in [0.29, 0.717) is 17.5 Å². The Kier molecular flexibility index (Phi) is 4.88. The molecule has 1 aromatic heterocycles. The first kappa shape index (κ1) is 16.8. The van der Waals surface area contributed by atoms with Crippen LogP contribution in [-0.4, -0.2) is 22.7 Å². The molecule has 2 aromatic rings. The monoisotopic (exact) mass is 318 g/mol. The summed E-state index contributed by atoms with van der Waals surface area (Å²) >= 11 is 0. The molecule has 7 heteroatoms. The molecule has 0 aliphatic rings. The van der Waals surface area contributed by atoms with Gasteiger partial charge in [0, 0.05) is 17.2 Å². The molecule has 0 aliphatic carbocycles. The van der Waals surface area contributed by atoms with Gasteiger partial charge in [-0.2, -0.15) is 4.98 Å². The lowest BCUT2D eigenvalue weighted by Crippen LogP contribution is -2.20. The van der Waals surface area contributed by atoms with E-state index in [1.807, 2.05) is 39.8 Å². The predicted molar refractivity (Wildman–Crippen MR) is 86.2 cm³/mol. The molecule has 0 saturated carbocycles. The van der Waals surface area contributed by atoms with Crippen LogP contribution in [0.4, 0.5) is 5.69 Å². The largest absolute Gasteiger partial charge is 0.484 e. The Balaban J connectivity index is 2.05. The summed E-state index contributed by atoms with van der Waals surface area (Å²) in [6, 6.07) is 7.07. The van der Waals surface area contributed by atoms with Gasteiger partial charge in [0.05, 0.1) is 0 Å². The van der Waals surface area contributed by atoms with Crippen LogP contribution in [0.5, 0.6) is 5.75 Å². The molecule has 2 rings (SSSR count). The number of aromatic nitrogens is 2. The molecule has 0 radical (unpaired) electrons. The minimum absolute atomic E-state index is 0.155. The molecular formula is C16H22N4O3. The van der Waals surface area contributed by atoms with Crippen LogP contribution in [0.15, 0.2) is 28.8 Å². The van der Waals surface area contributed by atoms with Crippen molar-refractivity contribution < 1.29 is 14.1 Å². The molecule has 124 valence electrons. The van der Waals surface area contributed by atoms with E-state index in [9.17, 15) is 4.79 Å². The molecule has 1 heterocycles. The lowest BCUT2D eigenvalue weighted by Gasteiger charge is -2.13. The number of ether oxygens (including phenoxy) is 1. The summed E-state index contributed by atoms with van der Waals surface area (Å²) < 4.78 is 10.6. The van der Waals surface area contributed by atoms with Crippen molar-refractivity contribution in [3.8, 4) is 5.75 Å². The summed E-state index contributed by atoms with van der Waals surface area (Å²) in [5.41, 5.74) is 5.72. The Morgan fingerprint density at radius 3 is 2.78 bits per heavy atom. The molecule has 1 unspecified atom stereocenters. The second-order valence-electron chi connectivity index (χ2n) is 6.36. The number of carbonyl (C=O) groups is 1. The molecule has 0 bridgehead atoms. The zero-order chi connectivity index (χ0) is 17.0. The van der Waals surface area contributed by atoms with Gasteiger partial charge in [0.2, 0.25) is 5.89 Å². The number of nitrogens with one attached hydrogen (secondary N) is 1. The number of hydrogen-bond donors (Lipinski definition) is 2. The van der Waals surface area contributed by atoms with Gasteiger partial charge >= 0.3 is 0 Å². The molecule has 7 nitrogen and oxygen atoms in total. The Labute approximate surface area is 135 Å². The van der Waals surface area contributed by atoms with Gasteiger partial charge in [-0.25, -0.2) is 0 Å².